The van der Waals surface area contributed by atoms with Crippen molar-refractivity contribution >= 4 is 16.7 Å². The molecule has 0 amide bonds. The molecule has 0 unspecified atom stereocenters. The number of anilines is 1. The topological polar surface area (TPSA) is 64.7 Å². The first-order valence-corrected chi connectivity index (χ1v) is 8.75. The van der Waals surface area contributed by atoms with Gasteiger partial charge in [-0.15, -0.1) is 0 Å². The molecule has 1 aromatic carbocycles. The van der Waals surface area contributed by atoms with Crippen molar-refractivity contribution in [3.63, 3.8) is 0 Å². The number of benzene rings is 1. The van der Waals surface area contributed by atoms with Crippen molar-refractivity contribution in [2.24, 2.45) is 5.92 Å². The molecule has 0 saturated heterocycles. The van der Waals surface area contributed by atoms with E-state index >= 15 is 0 Å². The van der Waals surface area contributed by atoms with Crippen LogP contribution in [0.3, 0.4) is 0 Å². The van der Waals surface area contributed by atoms with E-state index in [2.05, 4.69) is 21.9 Å². The van der Waals surface area contributed by atoms with Crippen molar-refractivity contribution in [1.29, 1.82) is 0 Å². The van der Waals surface area contributed by atoms with Gasteiger partial charge in [0, 0.05) is 17.1 Å². The minimum absolute atomic E-state index is 0.368. The van der Waals surface area contributed by atoms with Gasteiger partial charge >= 0.3 is 0 Å². The number of hydrogen-bond acceptors (Lipinski definition) is 4. The molecule has 2 N–H and O–H groups in total. The van der Waals surface area contributed by atoms with E-state index in [0.29, 0.717) is 16.8 Å². The third kappa shape index (κ3) is 4.29. The Bertz CT molecular complexity index is 844. The van der Waals surface area contributed by atoms with Crippen LogP contribution in [0, 0.1) is 11.7 Å². The summed E-state index contributed by atoms with van der Waals surface area (Å²) in [6.45, 7) is 2.36. The molecule has 0 atom stereocenters. The fraction of sp³-hybridized carbons (Fsp3) is 0.350. The first-order valence-electron chi connectivity index (χ1n) is 8.75. The molecule has 1 aliphatic carbocycles. The average Bonchev–Trinajstić information content (AvgIpc) is 2.64. The Balaban J connectivity index is 0.000000219. The van der Waals surface area contributed by atoms with Gasteiger partial charge in [-0.1, -0.05) is 45.1 Å². The minimum atomic E-state index is -0.368. The van der Waals surface area contributed by atoms with Gasteiger partial charge in [0.1, 0.15) is 18.0 Å². The molecule has 0 spiro atoms. The summed E-state index contributed by atoms with van der Waals surface area (Å²) < 4.78 is 13.7. The zero-order valence-corrected chi connectivity index (χ0v) is 14.5. The quantitative estimate of drug-likeness (QED) is 0.678. The summed E-state index contributed by atoms with van der Waals surface area (Å²) in [4.78, 5) is 11.8. The largest absolute Gasteiger partial charge is 0.383 e. The number of hydrogen-bond donors (Lipinski definition) is 1. The second kappa shape index (κ2) is 8.01. The average molecular weight is 338 g/mol. The van der Waals surface area contributed by atoms with Crippen LogP contribution < -0.4 is 5.73 Å². The van der Waals surface area contributed by atoms with E-state index < -0.39 is 0 Å². The molecule has 1 fully saturated rings. The van der Waals surface area contributed by atoms with Gasteiger partial charge in [-0.2, -0.15) is 0 Å². The molecule has 0 radical (unpaired) electrons. The smallest absolute Gasteiger partial charge is 0.149 e. The van der Waals surface area contributed by atoms with Crippen LogP contribution in [0.25, 0.3) is 22.0 Å². The summed E-state index contributed by atoms with van der Waals surface area (Å²) >= 11 is 0. The second-order valence-electron chi connectivity index (χ2n) is 6.59. The molecule has 2 aromatic heterocycles. The number of fused-ring (bicyclic) bond motifs is 1. The lowest BCUT2D eigenvalue weighted by molar-refractivity contribution is 0.385. The molecule has 0 aliphatic heterocycles. The molecule has 25 heavy (non-hydrogen) atoms. The molecule has 4 nitrogen and oxygen atoms in total. The van der Waals surface area contributed by atoms with E-state index in [1.807, 2.05) is 0 Å². The van der Waals surface area contributed by atoms with Crippen molar-refractivity contribution in [2.75, 3.05) is 5.73 Å². The highest BCUT2D eigenvalue weighted by molar-refractivity contribution is 5.91. The van der Waals surface area contributed by atoms with Crippen LogP contribution in [0.4, 0.5) is 10.2 Å². The first-order chi connectivity index (χ1) is 12.1. The molecule has 2 heterocycles. The van der Waals surface area contributed by atoms with Gasteiger partial charge in [0.05, 0.1) is 11.7 Å². The summed E-state index contributed by atoms with van der Waals surface area (Å²) in [6.07, 6.45) is 11.6. The molecule has 5 heteroatoms. The Morgan fingerprint density at radius 1 is 1.08 bits per heavy atom. The normalized spacial score (nSPS) is 14.8. The maximum atomic E-state index is 13.7. The van der Waals surface area contributed by atoms with E-state index in [1.165, 1.54) is 44.6 Å². The number of nitrogens with two attached hydrogens (primary N) is 1. The Kier molecular flexibility index (Phi) is 5.53. The predicted octanol–water partition coefficient (Wildman–Crippen LogP) is 5.00. The standard InChI is InChI=1S/C13H9FN4.C7H14/c14-11-6-16-4-3-9(11)8-1-2-12-10(5-8)13(15)18-7-17-12;1-7-5-3-2-4-6-7/h1-7H,(H2,15,17,18);7H,2-6H2,1H3. The zero-order valence-electron chi connectivity index (χ0n) is 14.5. The van der Waals surface area contributed by atoms with Crippen molar-refractivity contribution < 1.29 is 4.39 Å². The zero-order chi connectivity index (χ0) is 17.6. The number of rotatable bonds is 1. The van der Waals surface area contributed by atoms with Crippen LogP contribution in [0.1, 0.15) is 39.0 Å². The summed E-state index contributed by atoms with van der Waals surface area (Å²) in [7, 11) is 0. The fourth-order valence-corrected chi connectivity index (χ4v) is 3.16. The second-order valence-corrected chi connectivity index (χ2v) is 6.59. The van der Waals surface area contributed by atoms with Gasteiger partial charge in [0.15, 0.2) is 0 Å². The molecular formula is C20H23FN4. The van der Waals surface area contributed by atoms with Crippen molar-refractivity contribution in [1.82, 2.24) is 15.0 Å². The van der Waals surface area contributed by atoms with Crippen molar-refractivity contribution in [3.05, 3.63) is 48.8 Å². The molecule has 1 aliphatic rings. The van der Waals surface area contributed by atoms with Crippen LogP contribution >= 0.6 is 0 Å². The molecule has 0 bridgehead atoms. The molecule has 130 valence electrons. The van der Waals surface area contributed by atoms with Gasteiger partial charge in [-0.25, -0.2) is 14.4 Å². The lowest BCUT2D eigenvalue weighted by Crippen LogP contribution is -1.99. The summed E-state index contributed by atoms with van der Waals surface area (Å²) in [5.74, 6) is 1.05. The highest BCUT2D eigenvalue weighted by Crippen LogP contribution is 2.27. The maximum Gasteiger partial charge on any atom is 0.149 e. The van der Waals surface area contributed by atoms with E-state index in [4.69, 9.17) is 5.73 Å². The number of aromatic nitrogens is 3. The third-order valence-electron chi connectivity index (χ3n) is 4.64. The SMILES string of the molecule is CC1CCCCC1.Nc1ncnc2ccc(-c3ccncc3F)cc12. The highest BCUT2D eigenvalue weighted by Gasteiger charge is 2.07. The van der Waals surface area contributed by atoms with Gasteiger partial charge in [-0.3, -0.25) is 4.98 Å². The number of nitrogen functional groups attached to an aromatic ring is 1. The van der Waals surface area contributed by atoms with Crippen molar-refractivity contribution in [2.45, 2.75) is 39.0 Å². The maximum absolute atomic E-state index is 13.7. The van der Waals surface area contributed by atoms with Gasteiger partial charge in [0.25, 0.3) is 0 Å². The molecule has 4 rings (SSSR count). The third-order valence-corrected chi connectivity index (χ3v) is 4.64. The number of nitrogens with zero attached hydrogens (tertiary/aromatic N) is 3. The Morgan fingerprint density at radius 3 is 2.56 bits per heavy atom. The summed E-state index contributed by atoms with van der Waals surface area (Å²) in [6, 6.07) is 7.00. The number of pyridine rings is 1. The van der Waals surface area contributed by atoms with Crippen molar-refractivity contribution in [3.8, 4) is 11.1 Å². The Labute approximate surface area is 147 Å². The fourth-order valence-electron chi connectivity index (χ4n) is 3.16. The highest BCUT2D eigenvalue weighted by atomic mass is 19.1. The predicted molar refractivity (Wildman–Crippen MR) is 99.4 cm³/mol. The number of halogens is 1. The van der Waals surface area contributed by atoms with E-state index in [1.54, 1.807) is 30.5 Å². The molecule has 1 saturated carbocycles. The summed E-state index contributed by atoms with van der Waals surface area (Å²) in [5.41, 5.74) is 7.73. The van der Waals surface area contributed by atoms with Gasteiger partial charge < -0.3 is 5.73 Å². The monoisotopic (exact) mass is 338 g/mol. The van der Waals surface area contributed by atoms with Crippen LogP contribution in [-0.2, 0) is 0 Å². The van der Waals surface area contributed by atoms with E-state index in [0.717, 1.165) is 17.0 Å². The minimum Gasteiger partial charge on any atom is -0.383 e. The molecular weight excluding hydrogens is 315 g/mol. The first kappa shape index (κ1) is 17.3. The van der Waals surface area contributed by atoms with E-state index in [9.17, 15) is 4.39 Å². The van der Waals surface area contributed by atoms with Crippen LogP contribution in [0.2, 0.25) is 0 Å². The Morgan fingerprint density at radius 2 is 1.88 bits per heavy atom. The molecule has 3 aromatic rings. The lowest BCUT2D eigenvalue weighted by Gasteiger charge is -2.15. The summed E-state index contributed by atoms with van der Waals surface area (Å²) in [5, 5.41) is 0.714. The lowest BCUT2D eigenvalue weighted by atomic mass is 9.91. The Hall–Kier alpha value is -2.56. The van der Waals surface area contributed by atoms with Gasteiger partial charge in [0.2, 0.25) is 0 Å². The van der Waals surface area contributed by atoms with E-state index in [-0.39, 0.29) is 5.82 Å². The van der Waals surface area contributed by atoms with Gasteiger partial charge in [-0.05, 0) is 29.7 Å². The van der Waals surface area contributed by atoms with Crippen LogP contribution in [-0.4, -0.2) is 15.0 Å². The van der Waals surface area contributed by atoms with Crippen LogP contribution in [0.15, 0.2) is 43.0 Å². The van der Waals surface area contributed by atoms with Crippen LogP contribution in [0.5, 0.6) is 0 Å².